The molecule has 2 aliphatic heterocycles. The van der Waals surface area contributed by atoms with E-state index >= 15 is 0 Å². The molecule has 2 heterocycles. The summed E-state index contributed by atoms with van der Waals surface area (Å²) in [4.78, 5) is 33.4. The molecule has 0 aromatic heterocycles. The summed E-state index contributed by atoms with van der Waals surface area (Å²) in [5, 5.41) is 0. The predicted octanol–water partition coefficient (Wildman–Crippen LogP) is 1.71. The van der Waals surface area contributed by atoms with Gasteiger partial charge in [-0.15, -0.1) is 0 Å². The first-order chi connectivity index (χ1) is 16.1. The zero-order valence-electron chi connectivity index (χ0n) is 19.4. The van der Waals surface area contributed by atoms with E-state index in [0.29, 0.717) is 39.4 Å². The quantitative estimate of drug-likeness (QED) is 0.643. The highest BCUT2D eigenvalue weighted by molar-refractivity contribution is 5.81. The van der Waals surface area contributed by atoms with Gasteiger partial charge in [0.05, 0.1) is 32.3 Å². The molecule has 0 unspecified atom stereocenters. The highest BCUT2D eigenvalue weighted by Crippen LogP contribution is 2.29. The number of carbonyl (C=O) groups excluding carboxylic acids is 2. The average molecular weight is 451 g/mol. The van der Waals surface area contributed by atoms with Crippen molar-refractivity contribution in [1.29, 1.82) is 0 Å². The first kappa shape index (κ1) is 23.4. The van der Waals surface area contributed by atoms with E-state index in [1.54, 1.807) is 0 Å². The summed E-state index contributed by atoms with van der Waals surface area (Å²) in [5.41, 5.74) is 2.54. The van der Waals surface area contributed by atoms with Gasteiger partial charge in [-0.05, 0) is 18.2 Å². The highest BCUT2D eigenvalue weighted by atomic mass is 16.5. The minimum absolute atomic E-state index is 0.0620. The van der Waals surface area contributed by atoms with E-state index in [2.05, 4.69) is 53.4 Å². The number of morpholine rings is 1. The Morgan fingerprint density at radius 3 is 1.70 bits per heavy atom. The molecule has 0 N–H and O–H groups in total. The lowest BCUT2D eigenvalue weighted by atomic mass is 9.96. The molecule has 2 aliphatic rings. The number of piperazine rings is 1. The molecular weight excluding hydrogens is 416 g/mol. The van der Waals surface area contributed by atoms with Gasteiger partial charge in [-0.3, -0.25) is 19.4 Å². The van der Waals surface area contributed by atoms with E-state index in [1.165, 1.54) is 11.1 Å². The summed E-state index contributed by atoms with van der Waals surface area (Å²) in [6.07, 6.45) is 0. The van der Waals surface area contributed by atoms with E-state index in [4.69, 9.17) is 4.74 Å². The standard InChI is InChI=1S/C26H34N4O3/c1-27(21-25(32)29-16-18-33-19-17-29)20-24(31)28-12-14-30(15-13-28)26(22-8-4-2-5-9-22)23-10-6-3-7-11-23/h2-11,26H,12-21H2,1H3. The molecule has 7 nitrogen and oxygen atoms in total. The summed E-state index contributed by atoms with van der Waals surface area (Å²) in [5.74, 6) is 0.148. The van der Waals surface area contributed by atoms with Crippen molar-refractivity contribution >= 4 is 11.8 Å². The Morgan fingerprint density at radius 1 is 0.758 bits per heavy atom. The lowest BCUT2D eigenvalue weighted by molar-refractivity contribution is -0.138. The number of benzene rings is 2. The van der Waals surface area contributed by atoms with Crippen LogP contribution in [0.5, 0.6) is 0 Å². The summed E-state index contributed by atoms with van der Waals surface area (Å²) < 4.78 is 5.31. The zero-order valence-corrected chi connectivity index (χ0v) is 19.4. The third kappa shape index (κ3) is 6.19. The largest absolute Gasteiger partial charge is 0.378 e. The van der Waals surface area contributed by atoms with Crippen molar-refractivity contribution in [2.24, 2.45) is 0 Å². The van der Waals surface area contributed by atoms with Gasteiger partial charge in [0.15, 0.2) is 0 Å². The molecule has 2 fully saturated rings. The number of hydrogen-bond donors (Lipinski definition) is 0. The Hall–Kier alpha value is -2.74. The van der Waals surface area contributed by atoms with Crippen LogP contribution in [0.3, 0.4) is 0 Å². The van der Waals surface area contributed by atoms with Crippen molar-refractivity contribution in [3.8, 4) is 0 Å². The van der Waals surface area contributed by atoms with E-state index in [-0.39, 0.29) is 30.9 Å². The maximum absolute atomic E-state index is 12.9. The molecule has 0 saturated carbocycles. The fraction of sp³-hybridized carbons (Fsp3) is 0.462. The molecule has 0 radical (unpaired) electrons. The SMILES string of the molecule is CN(CC(=O)N1CCOCC1)CC(=O)N1CCN(C(c2ccccc2)c2ccccc2)CC1. The number of nitrogens with zero attached hydrogens (tertiary/aromatic N) is 4. The molecule has 2 aromatic carbocycles. The minimum atomic E-state index is 0.0620. The number of rotatable bonds is 7. The second-order valence-corrected chi connectivity index (χ2v) is 8.81. The van der Waals surface area contributed by atoms with E-state index in [0.717, 1.165) is 13.1 Å². The van der Waals surface area contributed by atoms with Crippen molar-refractivity contribution in [2.75, 3.05) is 72.6 Å². The van der Waals surface area contributed by atoms with Crippen molar-refractivity contribution < 1.29 is 14.3 Å². The van der Waals surface area contributed by atoms with Crippen LogP contribution in [0, 0.1) is 0 Å². The molecule has 0 bridgehead atoms. The molecule has 176 valence electrons. The van der Waals surface area contributed by atoms with Crippen LogP contribution in [0.2, 0.25) is 0 Å². The van der Waals surface area contributed by atoms with Crippen LogP contribution in [0.4, 0.5) is 0 Å². The van der Waals surface area contributed by atoms with Gasteiger partial charge in [0.25, 0.3) is 0 Å². The van der Waals surface area contributed by atoms with E-state index in [9.17, 15) is 9.59 Å². The minimum Gasteiger partial charge on any atom is -0.378 e. The van der Waals surface area contributed by atoms with Crippen LogP contribution in [0.15, 0.2) is 60.7 Å². The van der Waals surface area contributed by atoms with Crippen molar-refractivity contribution in [2.45, 2.75) is 6.04 Å². The zero-order chi connectivity index (χ0) is 23.0. The fourth-order valence-corrected chi connectivity index (χ4v) is 4.64. The van der Waals surface area contributed by atoms with Gasteiger partial charge in [-0.2, -0.15) is 0 Å². The summed E-state index contributed by atoms with van der Waals surface area (Å²) >= 11 is 0. The molecule has 0 atom stereocenters. The molecule has 2 saturated heterocycles. The van der Waals surface area contributed by atoms with Gasteiger partial charge in [0.1, 0.15) is 0 Å². The topological polar surface area (TPSA) is 56.3 Å². The van der Waals surface area contributed by atoms with Gasteiger partial charge < -0.3 is 14.5 Å². The van der Waals surface area contributed by atoms with Gasteiger partial charge in [0, 0.05) is 39.3 Å². The number of carbonyl (C=O) groups is 2. The Balaban J connectivity index is 1.31. The van der Waals surface area contributed by atoms with Gasteiger partial charge in [0.2, 0.25) is 11.8 Å². The summed E-state index contributed by atoms with van der Waals surface area (Å²) in [7, 11) is 1.84. The molecule has 0 aliphatic carbocycles. The molecule has 2 aromatic rings. The lowest BCUT2D eigenvalue weighted by Gasteiger charge is -2.40. The maximum Gasteiger partial charge on any atom is 0.236 e. The maximum atomic E-state index is 12.9. The van der Waals surface area contributed by atoms with Crippen molar-refractivity contribution in [1.82, 2.24) is 19.6 Å². The van der Waals surface area contributed by atoms with Crippen molar-refractivity contribution in [3.63, 3.8) is 0 Å². The molecule has 2 amide bonds. The van der Waals surface area contributed by atoms with Crippen LogP contribution in [0.25, 0.3) is 0 Å². The van der Waals surface area contributed by atoms with Gasteiger partial charge in [-0.25, -0.2) is 0 Å². The fourth-order valence-electron chi connectivity index (χ4n) is 4.64. The summed E-state index contributed by atoms with van der Waals surface area (Å²) in [6, 6.07) is 21.3. The second kappa shape index (κ2) is 11.4. The molecular formula is C26H34N4O3. The van der Waals surface area contributed by atoms with E-state index < -0.39 is 0 Å². The average Bonchev–Trinajstić information content (AvgIpc) is 2.86. The van der Waals surface area contributed by atoms with E-state index in [1.807, 2.05) is 33.9 Å². The van der Waals surface area contributed by atoms with Gasteiger partial charge >= 0.3 is 0 Å². The van der Waals surface area contributed by atoms with Crippen LogP contribution < -0.4 is 0 Å². The van der Waals surface area contributed by atoms with Crippen LogP contribution >= 0.6 is 0 Å². The normalized spacial score (nSPS) is 17.5. The monoisotopic (exact) mass is 450 g/mol. The Morgan fingerprint density at radius 2 is 1.21 bits per heavy atom. The predicted molar refractivity (Wildman–Crippen MR) is 128 cm³/mol. The summed E-state index contributed by atoms with van der Waals surface area (Å²) in [6.45, 7) is 5.98. The third-order valence-corrected chi connectivity index (χ3v) is 6.44. The molecule has 0 spiro atoms. The smallest absolute Gasteiger partial charge is 0.236 e. The van der Waals surface area contributed by atoms with Crippen molar-refractivity contribution in [3.05, 3.63) is 71.8 Å². The Kier molecular flexibility index (Phi) is 8.10. The molecule has 7 heteroatoms. The number of likely N-dealkylation sites (N-methyl/N-ethyl adjacent to an activating group) is 1. The highest BCUT2D eigenvalue weighted by Gasteiger charge is 2.28. The Bertz CT molecular complexity index is 855. The second-order valence-electron chi connectivity index (χ2n) is 8.81. The third-order valence-electron chi connectivity index (χ3n) is 6.44. The number of ether oxygens (including phenoxy) is 1. The van der Waals surface area contributed by atoms with Gasteiger partial charge in [-0.1, -0.05) is 60.7 Å². The van der Waals surface area contributed by atoms with Crippen LogP contribution in [-0.4, -0.2) is 104 Å². The van der Waals surface area contributed by atoms with Crippen LogP contribution in [0.1, 0.15) is 17.2 Å². The first-order valence-electron chi connectivity index (χ1n) is 11.8. The molecule has 33 heavy (non-hydrogen) atoms. The molecule has 4 rings (SSSR count). The Labute approximate surface area is 196 Å². The number of amides is 2. The first-order valence-corrected chi connectivity index (χ1v) is 11.8. The number of hydrogen-bond acceptors (Lipinski definition) is 5. The van der Waals surface area contributed by atoms with Crippen LogP contribution in [-0.2, 0) is 14.3 Å². The lowest BCUT2D eigenvalue weighted by Crippen LogP contribution is -2.52.